The van der Waals surface area contributed by atoms with Gasteiger partial charge in [0.15, 0.2) is 0 Å². The second-order valence-electron chi connectivity index (χ2n) is 4.22. The Bertz CT molecular complexity index is 384. The van der Waals surface area contributed by atoms with Crippen molar-refractivity contribution in [3.63, 3.8) is 0 Å². The van der Waals surface area contributed by atoms with Crippen LogP contribution in [0.15, 0.2) is 16.6 Å². The summed E-state index contributed by atoms with van der Waals surface area (Å²) in [6.45, 7) is 2.68. The predicted molar refractivity (Wildman–Crippen MR) is 75.0 cm³/mol. The van der Waals surface area contributed by atoms with Crippen molar-refractivity contribution in [3.8, 4) is 5.75 Å². The zero-order chi connectivity index (χ0) is 12.1. The molecule has 1 aliphatic heterocycles. The molecule has 2 nitrogen and oxygen atoms in total. The first-order valence-electron chi connectivity index (χ1n) is 6.02. The number of benzene rings is 1. The maximum atomic E-state index is 5.68. The van der Waals surface area contributed by atoms with Crippen LogP contribution >= 0.6 is 27.5 Å². The molecule has 0 unspecified atom stereocenters. The van der Waals surface area contributed by atoms with Crippen LogP contribution in [0.5, 0.6) is 5.75 Å². The number of rotatable bonds is 6. The molecule has 0 aliphatic carbocycles. The van der Waals surface area contributed by atoms with Crippen molar-refractivity contribution in [3.05, 3.63) is 27.7 Å². The topological polar surface area (TPSA) is 21.3 Å². The molecule has 4 heteroatoms. The van der Waals surface area contributed by atoms with E-state index in [0.717, 1.165) is 55.1 Å². The van der Waals surface area contributed by atoms with Gasteiger partial charge in [0.25, 0.3) is 0 Å². The van der Waals surface area contributed by atoms with Crippen LogP contribution in [0.4, 0.5) is 0 Å². The fourth-order valence-corrected chi connectivity index (χ4v) is 2.79. The second-order valence-corrected chi connectivity index (χ2v) is 5.52. The molecule has 0 bridgehead atoms. The van der Waals surface area contributed by atoms with E-state index in [1.165, 1.54) is 11.1 Å². The van der Waals surface area contributed by atoms with Crippen molar-refractivity contribution < 1.29 is 4.74 Å². The van der Waals surface area contributed by atoms with Gasteiger partial charge in [-0.2, -0.15) is 0 Å². The van der Waals surface area contributed by atoms with E-state index in [1.807, 2.05) is 0 Å². The molecule has 1 aromatic carbocycles. The minimum absolute atomic E-state index is 0.747. The average Bonchev–Trinajstić information content (AvgIpc) is 2.76. The number of fused-ring (bicyclic) bond motifs is 1. The van der Waals surface area contributed by atoms with Gasteiger partial charge in [-0.05, 0) is 37.1 Å². The largest absolute Gasteiger partial charge is 0.493 e. The monoisotopic (exact) mass is 317 g/mol. The Morgan fingerprint density at radius 3 is 3.06 bits per heavy atom. The molecule has 0 spiro atoms. The van der Waals surface area contributed by atoms with E-state index in [9.17, 15) is 0 Å². The molecule has 0 amide bonds. The van der Waals surface area contributed by atoms with Crippen molar-refractivity contribution in [2.45, 2.75) is 25.8 Å². The van der Waals surface area contributed by atoms with E-state index in [2.05, 4.69) is 33.4 Å². The minimum Gasteiger partial charge on any atom is -0.493 e. The standard InChI is InChI=1S/C13H17BrClNO/c14-12-7-10-3-6-17-13(10)11(8-12)9-16-5-2-1-4-15/h7-8,16H,1-6,9H2. The second kappa shape index (κ2) is 6.62. The molecular weight excluding hydrogens is 302 g/mol. The van der Waals surface area contributed by atoms with Crippen LogP contribution in [0.2, 0.25) is 0 Å². The van der Waals surface area contributed by atoms with Gasteiger partial charge < -0.3 is 10.1 Å². The van der Waals surface area contributed by atoms with Gasteiger partial charge in [0.05, 0.1) is 6.61 Å². The van der Waals surface area contributed by atoms with Gasteiger partial charge in [-0.3, -0.25) is 0 Å². The Morgan fingerprint density at radius 1 is 1.35 bits per heavy atom. The molecule has 1 aliphatic rings. The maximum absolute atomic E-state index is 5.68. The van der Waals surface area contributed by atoms with Gasteiger partial charge in [-0.1, -0.05) is 15.9 Å². The maximum Gasteiger partial charge on any atom is 0.127 e. The highest BCUT2D eigenvalue weighted by Crippen LogP contribution is 2.32. The SMILES string of the molecule is ClCCCCNCc1cc(Br)cc2c1OCC2. The minimum atomic E-state index is 0.747. The lowest BCUT2D eigenvalue weighted by atomic mass is 10.1. The summed E-state index contributed by atoms with van der Waals surface area (Å²) in [6.07, 6.45) is 3.22. The third kappa shape index (κ3) is 3.60. The third-order valence-corrected chi connectivity index (χ3v) is 3.60. The molecule has 0 fully saturated rings. The fourth-order valence-electron chi connectivity index (χ4n) is 2.04. The molecule has 2 rings (SSSR count). The molecule has 1 N–H and O–H groups in total. The highest BCUT2D eigenvalue weighted by atomic mass is 79.9. The lowest BCUT2D eigenvalue weighted by Crippen LogP contribution is -2.15. The van der Waals surface area contributed by atoms with Gasteiger partial charge in [0.2, 0.25) is 0 Å². The highest BCUT2D eigenvalue weighted by molar-refractivity contribution is 9.10. The van der Waals surface area contributed by atoms with Crippen LogP contribution in [-0.4, -0.2) is 19.0 Å². The van der Waals surface area contributed by atoms with Crippen molar-refractivity contribution in [2.75, 3.05) is 19.0 Å². The number of nitrogens with one attached hydrogen (secondary N) is 1. The smallest absolute Gasteiger partial charge is 0.127 e. The summed E-state index contributed by atoms with van der Waals surface area (Å²) in [5, 5.41) is 3.43. The van der Waals surface area contributed by atoms with Crippen molar-refractivity contribution in [2.24, 2.45) is 0 Å². The van der Waals surface area contributed by atoms with Crippen LogP contribution in [0.3, 0.4) is 0 Å². The van der Waals surface area contributed by atoms with Gasteiger partial charge in [-0.25, -0.2) is 0 Å². The van der Waals surface area contributed by atoms with E-state index >= 15 is 0 Å². The van der Waals surface area contributed by atoms with Gasteiger partial charge in [0, 0.05) is 28.9 Å². The quantitative estimate of drug-likeness (QED) is 0.640. The summed E-state index contributed by atoms with van der Waals surface area (Å²) >= 11 is 9.19. The zero-order valence-corrected chi connectivity index (χ0v) is 12.1. The Balaban J connectivity index is 1.92. The first-order valence-corrected chi connectivity index (χ1v) is 7.35. The van der Waals surface area contributed by atoms with E-state index in [1.54, 1.807) is 0 Å². The molecule has 94 valence electrons. The number of halogens is 2. The number of hydrogen-bond acceptors (Lipinski definition) is 2. The first-order chi connectivity index (χ1) is 8.31. The summed E-state index contributed by atoms with van der Waals surface area (Å²) in [4.78, 5) is 0. The Morgan fingerprint density at radius 2 is 2.24 bits per heavy atom. The summed E-state index contributed by atoms with van der Waals surface area (Å²) in [6, 6.07) is 4.29. The summed E-state index contributed by atoms with van der Waals surface area (Å²) in [5.41, 5.74) is 2.56. The van der Waals surface area contributed by atoms with E-state index in [-0.39, 0.29) is 0 Å². The Hall–Kier alpha value is -0.250. The molecule has 0 aromatic heterocycles. The summed E-state index contributed by atoms with van der Waals surface area (Å²) in [7, 11) is 0. The van der Waals surface area contributed by atoms with Crippen LogP contribution in [-0.2, 0) is 13.0 Å². The fraction of sp³-hybridized carbons (Fsp3) is 0.538. The normalized spacial score (nSPS) is 13.5. The van der Waals surface area contributed by atoms with Gasteiger partial charge in [-0.15, -0.1) is 11.6 Å². The molecule has 1 aromatic rings. The number of hydrogen-bond donors (Lipinski definition) is 1. The molecule has 1 heterocycles. The van der Waals surface area contributed by atoms with Crippen molar-refractivity contribution in [1.82, 2.24) is 5.32 Å². The van der Waals surface area contributed by atoms with Gasteiger partial charge >= 0.3 is 0 Å². The molecule has 0 radical (unpaired) electrons. The van der Waals surface area contributed by atoms with Crippen molar-refractivity contribution >= 4 is 27.5 Å². The van der Waals surface area contributed by atoms with Gasteiger partial charge in [0.1, 0.15) is 5.75 Å². The first kappa shape index (κ1) is 13.2. The third-order valence-electron chi connectivity index (χ3n) is 2.88. The molecule has 0 saturated heterocycles. The zero-order valence-electron chi connectivity index (χ0n) is 9.77. The molecular formula is C13H17BrClNO. The summed E-state index contributed by atoms with van der Waals surface area (Å²) in [5.74, 6) is 1.83. The van der Waals surface area contributed by atoms with Crippen LogP contribution in [0.1, 0.15) is 24.0 Å². The van der Waals surface area contributed by atoms with Crippen LogP contribution < -0.4 is 10.1 Å². The lowest BCUT2D eigenvalue weighted by Gasteiger charge is -2.10. The number of ether oxygens (including phenoxy) is 1. The van der Waals surface area contributed by atoms with E-state index < -0.39 is 0 Å². The van der Waals surface area contributed by atoms with Crippen LogP contribution in [0, 0.1) is 0 Å². The Labute approximate surface area is 116 Å². The highest BCUT2D eigenvalue weighted by Gasteiger charge is 2.16. The van der Waals surface area contributed by atoms with Crippen molar-refractivity contribution in [1.29, 1.82) is 0 Å². The lowest BCUT2D eigenvalue weighted by molar-refractivity contribution is 0.352. The molecule has 0 saturated carbocycles. The van der Waals surface area contributed by atoms with E-state index in [0.29, 0.717) is 0 Å². The number of unbranched alkanes of at least 4 members (excludes halogenated alkanes) is 1. The van der Waals surface area contributed by atoms with Crippen LogP contribution in [0.25, 0.3) is 0 Å². The van der Waals surface area contributed by atoms with E-state index in [4.69, 9.17) is 16.3 Å². The molecule has 17 heavy (non-hydrogen) atoms. The average molecular weight is 319 g/mol. The number of alkyl halides is 1. The molecule has 0 atom stereocenters. The summed E-state index contributed by atoms with van der Waals surface area (Å²) < 4.78 is 6.82. The Kier molecular flexibility index (Phi) is 5.14. The predicted octanol–water partition coefficient (Wildman–Crippen LogP) is 3.49.